The zero-order valence-electron chi connectivity index (χ0n) is 8.49. The first-order chi connectivity index (χ1) is 7.72. The highest BCUT2D eigenvalue weighted by Gasteiger charge is 2.07. The molecule has 0 saturated heterocycles. The molecule has 2 aromatic heterocycles. The highest BCUT2D eigenvalue weighted by Crippen LogP contribution is 2.26. The van der Waals surface area contributed by atoms with Gasteiger partial charge in [-0.25, -0.2) is 9.97 Å². The van der Waals surface area contributed by atoms with Crippen LogP contribution in [0.3, 0.4) is 0 Å². The standard InChI is InChI=1S/C11H8ClN3S/c1-6-13-5-10(16-6)11-14-8-3-2-7(12)4-9(8)15-11/h2-5H,1H3,(H,14,15). The van der Waals surface area contributed by atoms with Crippen molar-refractivity contribution in [3.8, 4) is 10.7 Å². The smallest absolute Gasteiger partial charge is 0.150 e. The number of thiazole rings is 1. The quantitative estimate of drug-likeness (QED) is 0.715. The molecule has 0 bridgehead atoms. The van der Waals surface area contributed by atoms with Crippen molar-refractivity contribution in [3.63, 3.8) is 0 Å². The molecule has 5 heteroatoms. The second kappa shape index (κ2) is 3.57. The lowest BCUT2D eigenvalue weighted by molar-refractivity contribution is 1.28. The van der Waals surface area contributed by atoms with Crippen LogP contribution in [0.2, 0.25) is 5.02 Å². The SMILES string of the molecule is Cc1ncc(-c2nc3ccc(Cl)cc3[nH]2)s1. The van der Waals surface area contributed by atoms with Crippen LogP contribution >= 0.6 is 22.9 Å². The van der Waals surface area contributed by atoms with E-state index < -0.39 is 0 Å². The van der Waals surface area contributed by atoms with Crippen LogP contribution in [-0.4, -0.2) is 15.0 Å². The Balaban J connectivity index is 2.18. The number of imidazole rings is 1. The third-order valence-corrected chi connectivity index (χ3v) is 3.45. The molecule has 0 amide bonds. The summed E-state index contributed by atoms with van der Waals surface area (Å²) in [4.78, 5) is 13.0. The number of H-pyrrole nitrogens is 1. The molecule has 1 aromatic carbocycles. The van der Waals surface area contributed by atoms with E-state index in [-0.39, 0.29) is 0 Å². The Bertz CT molecular complexity index is 656. The molecule has 80 valence electrons. The molecule has 0 spiro atoms. The minimum absolute atomic E-state index is 0.711. The van der Waals surface area contributed by atoms with Crippen LogP contribution in [0.1, 0.15) is 5.01 Å². The van der Waals surface area contributed by atoms with Gasteiger partial charge in [0.15, 0.2) is 0 Å². The summed E-state index contributed by atoms with van der Waals surface area (Å²) >= 11 is 7.54. The van der Waals surface area contributed by atoms with Gasteiger partial charge in [0.1, 0.15) is 5.82 Å². The Labute approximate surface area is 101 Å². The fourth-order valence-electron chi connectivity index (χ4n) is 1.57. The summed E-state index contributed by atoms with van der Waals surface area (Å²) in [5.41, 5.74) is 1.87. The van der Waals surface area contributed by atoms with Crippen molar-refractivity contribution in [1.82, 2.24) is 15.0 Å². The van der Waals surface area contributed by atoms with E-state index in [0.29, 0.717) is 5.02 Å². The Morgan fingerprint density at radius 2 is 2.25 bits per heavy atom. The topological polar surface area (TPSA) is 41.6 Å². The minimum atomic E-state index is 0.711. The van der Waals surface area contributed by atoms with Gasteiger partial charge >= 0.3 is 0 Å². The second-order valence-electron chi connectivity index (χ2n) is 3.49. The van der Waals surface area contributed by atoms with Gasteiger partial charge in [-0.1, -0.05) is 11.6 Å². The fourth-order valence-corrected chi connectivity index (χ4v) is 2.46. The number of fused-ring (bicyclic) bond motifs is 1. The molecule has 3 aromatic rings. The van der Waals surface area contributed by atoms with Crippen LogP contribution in [0.15, 0.2) is 24.4 Å². The van der Waals surface area contributed by atoms with Crippen LogP contribution in [0.4, 0.5) is 0 Å². The Kier molecular flexibility index (Phi) is 2.19. The maximum Gasteiger partial charge on any atom is 0.150 e. The van der Waals surface area contributed by atoms with E-state index in [4.69, 9.17) is 11.6 Å². The van der Waals surface area contributed by atoms with Crippen molar-refractivity contribution < 1.29 is 0 Å². The maximum atomic E-state index is 5.92. The molecule has 0 saturated carbocycles. The number of nitrogens with zero attached hydrogens (tertiary/aromatic N) is 2. The molecule has 0 aliphatic rings. The zero-order chi connectivity index (χ0) is 11.1. The first-order valence-corrected chi connectivity index (χ1v) is 6.00. The van der Waals surface area contributed by atoms with Crippen molar-refractivity contribution >= 4 is 34.0 Å². The predicted octanol–water partition coefficient (Wildman–Crippen LogP) is 3.65. The monoisotopic (exact) mass is 249 g/mol. The lowest BCUT2D eigenvalue weighted by Gasteiger charge is -1.87. The molecule has 3 nitrogen and oxygen atoms in total. The molecular formula is C11H8ClN3S. The number of hydrogen-bond donors (Lipinski definition) is 1. The first kappa shape index (κ1) is 9.81. The van der Waals surface area contributed by atoms with Crippen LogP contribution < -0.4 is 0 Å². The molecule has 0 aliphatic carbocycles. The maximum absolute atomic E-state index is 5.92. The van der Waals surface area contributed by atoms with Crippen LogP contribution in [-0.2, 0) is 0 Å². The number of aromatic nitrogens is 3. The Morgan fingerprint density at radius 3 is 3.00 bits per heavy atom. The lowest BCUT2D eigenvalue weighted by Crippen LogP contribution is -1.72. The lowest BCUT2D eigenvalue weighted by atomic mass is 10.3. The van der Waals surface area contributed by atoms with E-state index in [1.54, 1.807) is 11.3 Å². The fraction of sp³-hybridized carbons (Fsp3) is 0.0909. The molecule has 0 unspecified atom stereocenters. The van der Waals surface area contributed by atoms with Crippen LogP contribution in [0.5, 0.6) is 0 Å². The zero-order valence-corrected chi connectivity index (χ0v) is 10.1. The molecule has 0 radical (unpaired) electrons. The van der Waals surface area contributed by atoms with E-state index >= 15 is 0 Å². The van der Waals surface area contributed by atoms with Crippen molar-refractivity contribution in [2.75, 3.05) is 0 Å². The van der Waals surface area contributed by atoms with Crippen LogP contribution in [0, 0.1) is 6.92 Å². The number of aryl methyl sites for hydroxylation is 1. The number of halogens is 1. The second-order valence-corrected chi connectivity index (χ2v) is 5.16. The summed E-state index contributed by atoms with van der Waals surface area (Å²) in [6, 6.07) is 5.62. The Morgan fingerprint density at radius 1 is 1.38 bits per heavy atom. The van der Waals surface area contributed by atoms with Crippen molar-refractivity contribution in [2.45, 2.75) is 6.92 Å². The van der Waals surface area contributed by atoms with Gasteiger partial charge in [0, 0.05) is 11.2 Å². The highest BCUT2D eigenvalue weighted by atomic mass is 35.5. The van der Waals surface area contributed by atoms with E-state index in [1.165, 1.54) is 0 Å². The summed E-state index contributed by atoms with van der Waals surface area (Å²) in [5.74, 6) is 0.850. The third kappa shape index (κ3) is 1.60. The molecule has 0 aliphatic heterocycles. The first-order valence-electron chi connectivity index (χ1n) is 4.80. The number of nitrogens with one attached hydrogen (secondary N) is 1. The number of hydrogen-bond acceptors (Lipinski definition) is 3. The molecule has 2 heterocycles. The summed E-state index contributed by atoms with van der Waals surface area (Å²) in [7, 11) is 0. The molecular weight excluding hydrogens is 242 g/mol. The number of benzene rings is 1. The van der Waals surface area contributed by atoms with Crippen molar-refractivity contribution in [2.24, 2.45) is 0 Å². The van der Waals surface area contributed by atoms with E-state index in [9.17, 15) is 0 Å². The summed E-state index contributed by atoms with van der Waals surface area (Å²) in [5, 5.41) is 1.75. The molecule has 1 N–H and O–H groups in total. The van der Waals surface area contributed by atoms with Gasteiger partial charge in [-0.2, -0.15) is 0 Å². The third-order valence-electron chi connectivity index (χ3n) is 2.30. The van der Waals surface area contributed by atoms with Gasteiger partial charge < -0.3 is 4.98 Å². The van der Waals surface area contributed by atoms with Gasteiger partial charge in [-0.3, -0.25) is 0 Å². The highest BCUT2D eigenvalue weighted by molar-refractivity contribution is 7.14. The Hall–Kier alpha value is -1.39. The molecule has 0 atom stereocenters. The largest absolute Gasteiger partial charge is 0.337 e. The van der Waals surface area contributed by atoms with Crippen molar-refractivity contribution in [1.29, 1.82) is 0 Å². The summed E-state index contributed by atoms with van der Waals surface area (Å²) in [6.45, 7) is 1.98. The van der Waals surface area contributed by atoms with Gasteiger partial charge in [-0.15, -0.1) is 11.3 Å². The molecule has 0 fully saturated rings. The average molecular weight is 250 g/mol. The minimum Gasteiger partial charge on any atom is -0.337 e. The van der Waals surface area contributed by atoms with Gasteiger partial charge in [0.2, 0.25) is 0 Å². The predicted molar refractivity (Wildman–Crippen MR) is 66.9 cm³/mol. The summed E-state index contributed by atoms with van der Waals surface area (Å²) < 4.78 is 0. The average Bonchev–Trinajstić information content (AvgIpc) is 2.83. The molecule has 3 rings (SSSR count). The van der Waals surface area contributed by atoms with E-state index in [1.807, 2.05) is 31.3 Å². The van der Waals surface area contributed by atoms with Crippen LogP contribution in [0.25, 0.3) is 21.7 Å². The van der Waals surface area contributed by atoms with Gasteiger partial charge in [-0.05, 0) is 25.1 Å². The molecule has 16 heavy (non-hydrogen) atoms. The van der Waals surface area contributed by atoms with Crippen molar-refractivity contribution in [3.05, 3.63) is 34.4 Å². The van der Waals surface area contributed by atoms with Gasteiger partial charge in [0.05, 0.1) is 20.9 Å². The van der Waals surface area contributed by atoms with E-state index in [0.717, 1.165) is 26.7 Å². The van der Waals surface area contributed by atoms with Gasteiger partial charge in [0.25, 0.3) is 0 Å². The normalized spacial score (nSPS) is 11.1. The number of aromatic amines is 1. The summed E-state index contributed by atoms with van der Waals surface area (Å²) in [6.07, 6.45) is 1.83. The van der Waals surface area contributed by atoms with E-state index in [2.05, 4.69) is 15.0 Å². The number of rotatable bonds is 1.